The van der Waals surface area contributed by atoms with Crippen molar-refractivity contribution in [2.24, 2.45) is 5.41 Å². The molecule has 88 valence electrons. The molecule has 2 rings (SSSR count). The van der Waals surface area contributed by atoms with Crippen molar-refractivity contribution in [1.29, 1.82) is 0 Å². The fourth-order valence-electron chi connectivity index (χ4n) is 2.50. The van der Waals surface area contributed by atoms with Gasteiger partial charge < -0.3 is 11.1 Å². The van der Waals surface area contributed by atoms with Gasteiger partial charge in [0.2, 0.25) is 0 Å². The van der Waals surface area contributed by atoms with Crippen LogP contribution in [-0.2, 0) is 0 Å². The largest absolute Gasteiger partial charge is 0.399 e. The first kappa shape index (κ1) is 11.3. The lowest BCUT2D eigenvalue weighted by Gasteiger charge is -2.41. The number of aryl methyl sites for hydroxylation is 1. The quantitative estimate of drug-likeness (QED) is 0.758. The fourth-order valence-corrected chi connectivity index (χ4v) is 2.50. The molecule has 0 aromatic heterocycles. The molecule has 0 spiro atoms. The van der Waals surface area contributed by atoms with Crippen LogP contribution >= 0.6 is 0 Å². The summed E-state index contributed by atoms with van der Waals surface area (Å²) >= 11 is 0. The zero-order valence-corrected chi connectivity index (χ0v) is 10.3. The van der Waals surface area contributed by atoms with E-state index in [1.807, 2.05) is 12.1 Å². The van der Waals surface area contributed by atoms with Crippen LogP contribution in [0.3, 0.4) is 0 Å². The summed E-state index contributed by atoms with van der Waals surface area (Å²) in [6, 6.07) is 6.09. The minimum atomic E-state index is 0.563. The highest BCUT2D eigenvalue weighted by Crippen LogP contribution is 2.43. The minimum absolute atomic E-state index is 0.563. The van der Waals surface area contributed by atoms with Crippen molar-refractivity contribution in [3.63, 3.8) is 0 Å². The first-order valence-electron chi connectivity index (χ1n) is 6.25. The molecule has 1 aromatic rings. The highest BCUT2D eigenvalue weighted by atomic mass is 14.9. The molecule has 0 heterocycles. The van der Waals surface area contributed by atoms with E-state index in [1.54, 1.807) is 0 Å². The van der Waals surface area contributed by atoms with Crippen LogP contribution in [0.4, 0.5) is 11.4 Å². The van der Waals surface area contributed by atoms with Crippen LogP contribution in [0.5, 0.6) is 0 Å². The Kier molecular flexibility index (Phi) is 3.08. The molecule has 0 aliphatic heterocycles. The predicted octanol–water partition coefficient (Wildman–Crippen LogP) is 3.57. The average molecular weight is 218 g/mol. The Bertz CT molecular complexity index is 361. The number of nitrogen functional groups attached to an aromatic ring is 1. The van der Waals surface area contributed by atoms with Crippen molar-refractivity contribution >= 4 is 11.4 Å². The van der Waals surface area contributed by atoms with Crippen molar-refractivity contribution in [2.75, 3.05) is 17.6 Å². The fraction of sp³-hybridized carbons (Fsp3) is 0.571. The molecule has 0 amide bonds. The lowest BCUT2D eigenvalue weighted by atomic mass is 9.67. The smallest absolute Gasteiger partial charge is 0.0371 e. The van der Waals surface area contributed by atoms with E-state index in [1.165, 1.54) is 36.9 Å². The number of nitrogens with one attached hydrogen (secondary N) is 1. The summed E-state index contributed by atoms with van der Waals surface area (Å²) in [6.07, 6.45) is 5.44. The second kappa shape index (κ2) is 4.36. The van der Waals surface area contributed by atoms with Crippen LogP contribution < -0.4 is 11.1 Å². The van der Waals surface area contributed by atoms with Gasteiger partial charge in [-0.25, -0.2) is 0 Å². The number of nitrogens with two attached hydrogens (primary N) is 1. The van der Waals surface area contributed by atoms with E-state index in [4.69, 9.17) is 5.73 Å². The Hall–Kier alpha value is -1.18. The monoisotopic (exact) mass is 218 g/mol. The standard InChI is InChI=1S/C14H22N2/c1-3-14(7-4-8-14)10-16-13-6-5-12(15)9-11(13)2/h5-6,9,16H,3-4,7-8,10,15H2,1-2H3. The second-order valence-corrected chi connectivity index (χ2v) is 5.14. The number of hydrogen-bond acceptors (Lipinski definition) is 2. The van der Waals surface area contributed by atoms with Gasteiger partial charge in [-0.15, -0.1) is 0 Å². The maximum Gasteiger partial charge on any atom is 0.0371 e. The van der Waals surface area contributed by atoms with Crippen LogP contribution in [0, 0.1) is 12.3 Å². The van der Waals surface area contributed by atoms with Gasteiger partial charge in [-0.05, 0) is 55.4 Å². The van der Waals surface area contributed by atoms with E-state index in [9.17, 15) is 0 Å². The van der Waals surface area contributed by atoms with E-state index >= 15 is 0 Å². The first-order chi connectivity index (χ1) is 7.65. The van der Waals surface area contributed by atoms with Crippen molar-refractivity contribution in [3.8, 4) is 0 Å². The normalized spacial score (nSPS) is 17.9. The third-order valence-electron chi connectivity index (χ3n) is 4.07. The second-order valence-electron chi connectivity index (χ2n) is 5.14. The van der Waals surface area contributed by atoms with E-state index in [2.05, 4.69) is 25.2 Å². The molecule has 1 saturated carbocycles. The SMILES string of the molecule is CCC1(CNc2ccc(N)cc2C)CCC1. The molecule has 2 nitrogen and oxygen atoms in total. The van der Waals surface area contributed by atoms with Crippen molar-refractivity contribution < 1.29 is 0 Å². The number of anilines is 2. The van der Waals surface area contributed by atoms with Crippen LogP contribution in [0.25, 0.3) is 0 Å². The van der Waals surface area contributed by atoms with Crippen LogP contribution in [0.2, 0.25) is 0 Å². The summed E-state index contributed by atoms with van der Waals surface area (Å²) in [7, 11) is 0. The third-order valence-corrected chi connectivity index (χ3v) is 4.07. The molecule has 0 unspecified atom stereocenters. The highest BCUT2D eigenvalue weighted by Gasteiger charge is 2.34. The van der Waals surface area contributed by atoms with Gasteiger partial charge in [0.25, 0.3) is 0 Å². The Morgan fingerprint density at radius 3 is 2.62 bits per heavy atom. The summed E-state index contributed by atoms with van der Waals surface area (Å²) in [6.45, 7) is 5.52. The van der Waals surface area contributed by atoms with Gasteiger partial charge in [-0.1, -0.05) is 13.3 Å². The van der Waals surface area contributed by atoms with Gasteiger partial charge in [0.15, 0.2) is 0 Å². The molecule has 3 N–H and O–H groups in total. The van der Waals surface area contributed by atoms with Gasteiger partial charge in [0.05, 0.1) is 0 Å². The van der Waals surface area contributed by atoms with Gasteiger partial charge >= 0.3 is 0 Å². The highest BCUT2D eigenvalue weighted by molar-refractivity contribution is 5.57. The molecule has 0 atom stereocenters. The zero-order chi connectivity index (χ0) is 11.6. The average Bonchev–Trinajstić information content (AvgIpc) is 2.19. The molecule has 1 aromatic carbocycles. The van der Waals surface area contributed by atoms with Gasteiger partial charge in [0.1, 0.15) is 0 Å². The Morgan fingerprint density at radius 1 is 1.38 bits per heavy atom. The zero-order valence-electron chi connectivity index (χ0n) is 10.3. The summed E-state index contributed by atoms with van der Waals surface area (Å²) in [4.78, 5) is 0. The van der Waals surface area contributed by atoms with E-state index in [-0.39, 0.29) is 0 Å². The van der Waals surface area contributed by atoms with E-state index in [0.29, 0.717) is 5.41 Å². The first-order valence-corrected chi connectivity index (χ1v) is 6.25. The molecular formula is C14H22N2. The van der Waals surface area contributed by atoms with Gasteiger partial charge in [0, 0.05) is 17.9 Å². The molecular weight excluding hydrogens is 196 g/mol. The number of benzene rings is 1. The molecule has 16 heavy (non-hydrogen) atoms. The minimum Gasteiger partial charge on any atom is -0.399 e. The third kappa shape index (κ3) is 2.16. The van der Waals surface area contributed by atoms with Crippen molar-refractivity contribution in [3.05, 3.63) is 23.8 Å². The molecule has 0 bridgehead atoms. The van der Waals surface area contributed by atoms with Crippen molar-refractivity contribution in [2.45, 2.75) is 39.5 Å². The predicted molar refractivity (Wildman–Crippen MR) is 70.7 cm³/mol. The van der Waals surface area contributed by atoms with Crippen LogP contribution in [0.1, 0.15) is 38.2 Å². The van der Waals surface area contributed by atoms with E-state index in [0.717, 1.165) is 12.2 Å². The summed E-state index contributed by atoms with van der Waals surface area (Å²) in [5.41, 5.74) is 9.62. The Labute approximate surface area is 98.2 Å². The van der Waals surface area contributed by atoms with Crippen LogP contribution in [-0.4, -0.2) is 6.54 Å². The lowest BCUT2D eigenvalue weighted by Crippen LogP contribution is -2.35. The maximum atomic E-state index is 5.75. The van der Waals surface area contributed by atoms with Gasteiger partial charge in [-0.3, -0.25) is 0 Å². The number of rotatable bonds is 4. The molecule has 0 saturated heterocycles. The Morgan fingerprint density at radius 2 is 2.12 bits per heavy atom. The summed E-state index contributed by atoms with van der Waals surface area (Å²) in [5, 5.41) is 3.58. The molecule has 1 aliphatic carbocycles. The molecule has 1 aliphatic rings. The number of hydrogen-bond donors (Lipinski definition) is 2. The molecule has 1 fully saturated rings. The summed E-state index contributed by atoms with van der Waals surface area (Å²) < 4.78 is 0. The maximum absolute atomic E-state index is 5.75. The topological polar surface area (TPSA) is 38.0 Å². The van der Waals surface area contributed by atoms with Gasteiger partial charge in [-0.2, -0.15) is 0 Å². The van der Waals surface area contributed by atoms with E-state index < -0.39 is 0 Å². The Balaban J connectivity index is 1.99. The summed E-state index contributed by atoms with van der Waals surface area (Å²) in [5.74, 6) is 0. The van der Waals surface area contributed by atoms with Crippen molar-refractivity contribution in [1.82, 2.24) is 0 Å². The lowest BCUT2D eigenvalue weighted by molar-refractivity contribution is 0.145. The molecule has 2 heteroatoms. The van der Waals surface area contributed by atoms with Crippen LogP contribution in [0.15, 0.2) is 18.2 Å². The molecule has 0 radical (unpaired) electrons.